The van der Waals surface area contributed by atoms with Crippen LogP contribution in [0.15, 0.2) is 84.0 Å². The summed E-state index contributed by atoms with van der Waals surface area (Å²) < 4.78 is 5.99. The Hall–Kier alpha value is -3.18. The van der Waals surface area contributed by atoms with Gasteiger partial charge in [-0.3, -0.25) is 5.43 Å². The zero-order valence-electron chi connectivity index (χ0n) is 15.1. The molecule has 27 heavy (non-hydrogen) atoms. The van der Waals surface area contributed by atoms with E-state index in [-0.39, 0.29) is 0 Å². The summed E-state index contributed by atoms with van der Waals surface area (Å²) in [6.07, 6.45) is 1.70. The second-order valence-corrected chi connectivity index (χ2v) is 6.35. The van der Waals surface area contributed by atoms with Gasteiger partial charge in [-0.2, -0.15) is 5.10 Å². The van der Waals surface area contributed by atoms with Gasteiger partial charge in [0.25, 0.3) is 0 Å². The van der Waals surface area contributed by atoms with E-state index in [0.717, 1.165) is 22.6 Å². The molecule has 0 aliphatic carbocycles. The predicted molar refractivity (Wildman–Crippen MR) is 115 cm³/mol. The third kappa shape index (κ3) is 5.66. The molecule has 0 aliphatic heterocycles. The highest BCUT2D eigenvalue weighted by molar-refractivity contribution is 7.80. The molecule has 5 heteroatoms. The lowest BCUT2D eigenvalue weighted by atomic mass is 10.1. The lowest BCUT2D eigenvalue weighted by molar-refractivity contribution is 0.305. The number of benzene rings is 3. The quantitative estimate of drug-likeness (QED) is 0.366. The van der Waals surface area contributed by atoms with E-state index in [1.54, 1.807) is 6.21 Å². The Morgan fingerprint density at radius 3 is 2.48 bits per heavy atom. The Bertz CT molecular complexity index is 926. The molecule has 0 amide bonds. The summed E-state index contributed by atoms with van der Waals surface area (Å²) in [6.45, 7) is 2.59. The molecule has 0 aromatic heterocycles. The predicted octanol–water partition coefficient (Wildman–Crippen LogP) is 4.89. The number of nitrogens with one attached hydrogen (secondary N) is 2. The number of nitrogens with zero attached hydrogens (tertiary/aromatic N) is 1. The fourth-order valence-electron chi connectivity index (χ4n) is 2.49. The summed E-state index contributed by atoms with van der Waals surface area (Å²) in [7, 11) is 0. The molecule has 0 heterocycles. The Kier molecular flexibility index (Phi) is 6.55. The van der Waals surface area contributed by atoms with Crippen LogP contribution in [0.5, 0.6) is 5.75 Å². The van der Waals surface area contributed by atoms with Crippen LogP contribution in [0.1, 0.15) is 16.7 Å². The third-order valence-electron chi connectivity index (χ3n) is 3.96. The zero-order chi connectivity index (χ0) is 18.9. The monoisotopic (exact) mass is 375 g/mol. The van der Waals surface area contributed by atoms with Crippen molar-refractivity contribution in [2.24, 2.45) is 5.10 Å². The van der Waals surface area contributed by atoms with E-state index in [2.05, 4.69) is 34.9 Å². The first-order chi connectivity index (χ1) is 13.2. The Balaban J connectivity index is 1.59. The standard InChI is InChI=1S/C22H21N3OS/c1-17-9-5-6-11-19(17)16-26-21-14-8-7-10-18(21)15-23-25-22(27)24-20-12-3-2-4-13-20/h2-15H,16H2,1H3,(H2,24,25,27)/b23-15+. The van der Waals surface area contributed by atoms with Gasteiger partial charge in [-0.25, -0.2) is 0 Å². The molecular weight excluding hydrogens is 354 g/mol. The van der Waals surface area contributed by atoms with Crippen molar-refractivity contribution in [3.63, 3.8) is 0 Å². The van der Waals surface area contributed by atoms with Gasteiger partial charge in [-0.05, 0) is 54.5 Å². The molecule has 0 saturated carbocycles. The number of hydrazone groups is 1. The molecule has 0 bridgehead atoms. The first-order valence-corrected chi connectivity index (χ1v) is 9.04. The smallest absolute Gasteiger partial charge is 0.191 e. The fraction of sp³-hybridized carbons (Fsp3) is 0.0909. The van der Waals surface area contributed by atoms with Crippen molar-refractivity contribution in [1.82, 2.24) is 5.43 Å². The van der Waals surface area contributed by atoms with E-state index < -0.39 is 0 Å². The van der Waals surface area contributed by atoms with Gasteiger partial charge in [0.1, 0.15) is 12.4 Å². The van der Waals surface area contributed by atoms with E-state index in [1.165, 1.54) is 5.56 Å². The average Bonchev–Trinajstić information content (AvgIpc) is 2.69. The summed E-state index contributed by atoms with van der Waals surface area (Å²) in [5, 5.41) is 7.71. The van der Waals surface area contributed by atoms with Crippen LogP contribution in [-0.4, -0.2) is 11.3 Å². The highest BCUT2D eigenvalue weighted by Crippen LogP contribution is 2.18. The zero-order valence-corrected chi connectivity index (χ0v) is 15.9. The first-order valence-electron chi connectivity index (χ1n) is 8.64. The maximum Gasteiger partial charge on any atom is 0.191 e. The Morgan fingerprint density at radius 2 is 1.67 bits per heavy atom. The summed E-state index contributed by atoms with van der Waals surface area (Å²) in [5.41, 5.74) is 6.98. The van der Waals surface area contributed by atoms with Crippen LogP contribution in [0.2, 0.25) is 0 Å². The summed E-state index contributed by atoms with van der Waals surface area (Å²) in [5.74, 6) is 0.772. The maximum absolute atomic E-state index is 5.99. The molecule has 0 spiro atoms. The van der Waals surface area contributed by atoms with Crippen LogP contribution in [0.4, 0.5) is 5.69 Å². The molecular formula is C22H21N3OS. The number of hydrogen-bond acceptors (Lipinski definition) is 3. The highest BCUT2D eigenvalue weighted by atomic mass is 32.1. The number of thiocarbonyl (C=S) groups is 1. The molecule has 2 N–H and O–H groups in total. The maximum atomic E-state index is 5.99. The van der Waals surface area contributed by atoms with Crippen LogP contribution in [-0.2, 0) is 6.61 Å². The number of aryl methyl sites for hydroxylation is 1. The van der Waals surface area contributed by atoms with Crippen LogP contribution in [0, 0.1) is 6.92 Å². The first kappa shape index (κ1) is 18.6. The van der Waals surface area contributed by atoms with Gasteiger partial charge in [0.15, 0.2) is 5.11 Å². The summed E-state index contributed by atoms with van der Waals surface area (Å²) in [6, 6.07) is 25.7. The van der Waals surface area contributed by atoms with Gasteiger partial charge >= 0.3 is 0 Å². The normalized spacial score (nSPS) is 10.6. The van der Waals surface area contributed by atoms with E-state index >= 15 is 0 Å². The largest absolute Gasteiger partial charge is 0.488 e. The lowest BCUT2D eigenvalue weighted by Gasteiger charge is -2.11. The van der Waals surface area contributed by atoms with Crippen molar-refractivity contribution in [3.05, 3.63) is 95.6 Å². The molecule has 0 radical (unpaired) electrons. The van der Waals surface area contributed by atoms with Gasteiger partial charge in [-0.1, -0.05) is 54.6 Å². The second-order valence-electron chi connectivity index (χ2n) is 5.94. The summed E-state index contributed by atoms with van der Waals surface area (Å²) in [4.78, 5) is 0. The van der Waals surface area contributed by atoms with Crippen LogP contribution in [0.3, 0.4) is 0 Å². The average molecular weight is 375 g/mol. The van der Waals surface area contributed by atoms with Crippen molar-refractivity contribution in [2.45, 2.75) is 13.5 Å². The minimum atomic E-state index is 0.427. The topological polar surface area (TPSA) is 45.6 Å². The molecule has 4 nitrogen and oxygen atoms in total. The second kappa shape index (κ2) is 9.50. The number of rotatable bonds is 6. The van der Waals surface area contributed by atoms with Crippen molar-refractivity contribution in [1.29, 1.82) is 0 Å². The molecule has 3 aromatic rings. The Labute approximate surface area is 164 Å². The van der Waals surface area contributed by atoms with Crippen LogP contribution >= 0.6 is 12.2 Å². The molecule has 3 rings (SSSR count). The van der Waals surface area contributed by atoms with Crippen LogP contribution < -0.4 is 15.5 Å². The molecule has 0 atom stereocenters. The number of anilines is 1. The molecule has 0 unspecified atom stereocenters. The van der Waals surface area contributed by atoms with E-state index in [0.29, 0.717) is 11.7 Å². The number of para-hydroxylation sites is 2. The molecule has 136 valence electrons. The molecule has 3 aromatic carbocycles. The van der Waals surface area contributed by atoms with E-state index in [1.807, 2.05) is 66.7 Å². The van der Waals surface area contributed by atoms with Crippen molar-refractivity contribution in [3.8, 4) is 5.75 Å². The van der Waals surface area contributed by atoms with Gasteiger partial charge in [0, 0.05) is 11.3 Å². The summed E-state index contributed by atoms with van der Waals surface area (Å²) >= 11 is 5.25. The van der Waals surface area contributed by atoms with Crippen LogP contribution in [0.25, 0.3) is 0 Å². The number of hydrogen-bond donors (Lipinski definition) is 2. The molecule has 0 saturated heterocycles. The SMILES string of the molecule is Cc1ccccc1COc1ccccc1/C=N/NC(=S)Nc1ccccc1. The van der Waals surface area contributed by atoms with Crippen molar-refractivity contribution in [2.75, 3.05) is 5.32 Å². The van der Waals surface area contributed by atoms with Gasteiger partial charge in [0.05, 0.1) is 6.21 Å². The van der Waals surface area contributed by atoms with Gasteiger partial charge < -0.3 is 10.1 Å². The Morgan fingerprint density at radius 1 is 0.963 bits per heavy atom. The highest BCUT2D eigenvalue weighted by Gasteiger charge is 2.03. The van der Waals surface area contributed by atoms with Gasteiger partial charge in [-0.15, -0.1) is 0 Å². The number of ether oxygens (including phenoxy) is 1. The van der Waals surface area contributed by atoms with Crippen molar-refractivity contribution < 1.29 is 4.74 Å². The van der Waals surface area contributed by atoms with E-state index in [4.69, 9.17) is 17.0 Å². The molecule has 0 aliphatic rings. The minimum absolute atomic E-state index is 0.427. The third-order valence-corrected chi connectivity index (χ3v) is 4.16. The fourth-order valence-corrected chi connectivity index (χ4v) is 2.66. The molecule has 0 fully saturated rings. The van der Waals surface area contributed by atoms with Crippen molar-refractivity contribution >= 4 is 29.2 Å². The minimum Gasteiger partial charge on any atom is -0.488 e. The van der Waals surface area contributed by atoms with Gasteiger partial charge in [0.2, 0.25) is 0 Å². The lowest BCUT2D eigenvalue weighted by Crippen LogP contribution is -2.23. The van der Waals surface area contributed by atoms with E-state index in [9.17, 15) is 0 Å².